The van der Waals surface area contributed by atoms with Gasteiger partial charge in [0.25, 0.3) is 0 Å². The maximum absolute atomic E-state index is 11.7. The van der Waals surface area contributed by atoms with E-state index in [1.54, 1.807) is 12.1 Å². The number of benzene rings is 1. The van der Waals surface area contributed by atoms with E-state index < -0.39 is 10.0 Å². The van der Waals surface area contributed by atoms with Crippen LogP contribution in [0.15, 0.2) is 23.1 Å². The first kappa shape index (κ1) is 12.2. The van der Waals surface area contributed by atoms with E-state index in [9.17, 15) is 8.42 Å². The molecule has 0 aliphatic heterocycles. The van der Waals surface area contributed by atoms with Crippen LogP contribution in [0, 0.1) is 0 Å². The fraction of sp³-hybridized carbons (Fsp3) is 0.455. The Morgan fingerprint density at radius 1 is 1.41 bits per heavy atom. The van der Waals surface area contributed by atoms with Gasteiger partial charge in [-0.05, 0) is 38.1 Å². The van der Waals surface area contributed by atoms with Gasteiger partial charge in [-0.3, -0.25) is 0 Å². The number of nitrogens with two attached hydrogens (primary N) is 1. The first-order valence-electron chi connectivity index (χ1n) is 5.51. The summed E-state index contributed by atoms with van der Waals surface area (Å²) >= 11 is 0. The lowest BCUT2D eigenvalue weighted by atomic mass is 10.2. The second-order valence-electron chi connectivity index (χ2n) is 4.27. The third-order valence-electron chi connectivity index (χ3n) is 3.06. The second kappa shape index (κ2) is 4.19. The first-order valence-corrected chi connectivity index (χ1v) is 7.00. The first-order chi connectivity index (χ1) is 7.95. The lowest BCUT2D eigenvalue weighted by Gasteiger charge is -2.21. The third-order valence-corrected chi connectivity index (χ3v) is 4.47. The predicted octanol–water partition coefficient (Wildman–Crippen LogP) is 0.775. The largest absolute Gasteiger partial charge is 0.397 e. The van der Waals surface area contributed by atoms with Gasteiger partial charge in [-0.1, -0.05) is 0 Å². The van der Waals surface area contributed by atoms with Crippen molar-refractivity contribution in [3.8, 4) is 0 Å². The van der Waals surface area contributed by atoms with E-state index in [2.05, 4.69) is 4.72 Å². The average Bonchev–Trinajstić information content (AvgIpc) is 3.12. The number of nitrogens with one attached hydrogen (secondary N) is 1. The van der Waals surface area contributed by atoms with Crippen molar-refractivity contribution in [2.45, 2.75) is 23.8 Å². The topological polar surface area (TPSA) is 75.4 Å². The molecule has 0 bridgehead atoms. The molecule has 6 heteroatoms. The zero-order chi connectivity index (χ0) is 12.6. The number of hydrogen-bond donors (Lipinski definition) is 2. The fourth-order valence-corrected chi connectivity index (χ4v) is 2.52. The molecule has 0 heterocycles. The van der Waals surface area contributed by atoms with Gasteiger partial charge in [0.15, 0.2) is 0 Å². The molecule has 5 nitrogen and oxygen atoms in total. The molecule has 1 aliphatic rings. The van der Waals surface area contributed by atoms with Crippen molar-refractivity contribution in [1.29, 1.82) is 0 Å². The number of rotatable bonds is 4. The van der Waals surface area contributed by atoms with Crippen LogP contribution in [0.4, 0.5) is 11.4 Å². The van der Waals surface area contributed by atoms with Gasteiger partial charge in [-0.25, -0.2) is 13.1 Å². The normalized spacial score (nSPS) is 15.9. The highest BCUT2D eigenvalue weighted by Crippen LogP contribution is 2.34. The van der Waals surface area contributed by atoms with E-state index in [-0.39, 0.29) is 4.90 Å². The molecule has 0 aromatic heterocycles. The Balaban J connectivity index is 2.42. The van der Waals surface area contributed by atoms with Crippen molar-refractivity contribution in [1.82, 2.24) is 4.72 Å². The number of anilines is 2. The van der Waals surface area contributed by atoms with E-state index in [1.165, 1.54) is 13.1 Å². The molecule has 2 rings (SSSR count). The maximum atomic E-state index is 11.7. The van der Waals surface area contributed by atoms with Crippen molar-refractivity contribution < 1.29 is 8.42 Å². The highest BCUT2D eigenvalue weighted by Gasteiger charge is 2.28. The van der Waals surface area contributed by atoms with Crippen molar-refractivity contribution in [3.05, 3.63) is 18.2 Å². The number of sulfonamides is 1. The Hall–Kier alpha value is -1.27. The molecule has 17 heavy (non-hydrogen) atoms. The van der Waals surface area contributed by atoms with Crippen LogP contribution in [-0.4, -0.2) is 28.6 Å². The Bertz CT molecular complexity index is 524. The van der Waals surface area contributed by atoms with Gasteiger partial charge in [-0.2, -0.15) is 0 Å². The minimum absolute atomic E-state index is 0.247. The van der Waals surface area contributed by atoms with Gasteiger partial charge < -0.3 is 10.6 Å². The molecule has 0 amide bonds. The summed E-state index contributed by atoms with van der Waals surface area (Å²) in [4.78, 5) is 2.29. The lowest BCUT2D eigenvalue weighted by Crippen LogP contribution is -2.23. The summed E-state index contributed by atoms with van der Waals surface area (Å²) < 4.78 is 25.7. The van der Waals surface area contributed by atoms with Crippen LogP contribution in [0.2, 0.25) is 0 Å². The molecule has 0 unspecified atom stereocenters. The predicted molar refractivity (Wildman–Crippen MR) is 68.5 cm³/mol. The van der Waals surface area contributed by atoms with Crippen molar-refractivity contribution in [2.24, 2.45) is 0 Å². The Morgan fingerprint density at radius 2 is 2.06 bits per heavy atom. The minimum atomic E-state index is -3.41. The molecular formula is C11H17N3O2S. The summed E-state index contributed by atoms with van der Waals surface area (Å²) in [5.74, 6) is 0. The van der Waals surface area contributed by atoms with E-state index in [0.29, 0.717) is 11.7 Å². The van der Waals surface area contributed by atoms with Crippen LogP contribution >= 0.6 is 0 Å². The molecule has 1 aliphatic carbocycles. The maximum Gasteiger partial charge on any atom is 0.240 e. The summed E-state index contributed by atoms with van der Waals surface area (Å²) in [5, 5.41) is 0. The Kier molecular flexibility index (Phi) is 3.01. The van der Waals surface area contributed by atoms with E-state index in [1.807, 2.05) is 11.9 Å². The molecular weight excluding hydrogens is 238 g/mol. The molecule has 1 saturated carbocycles. The van der Waals surface area contributed by atoms with Crippen LogP contribution < -0.4 is 15.4 Å². The minimum Gasteiger partial charge on any atom is -0.397 e. The molecule has 1 fully saturated rings. The Labute approximate surface area is 102 Å². The number of nitrogens with zero attached hydrogens (tertiary/aromatic N) is 1. The van der Waals surface area contributed by atoms with Gasteiger partial charge >= 0.3 is 0 Å². The number of nitrogen functional groups attached to an aromatic ring is 1. The van der Waals surface area contributed by atoms with E-state index in [0.717, 1.165) is 18.5 Å². The van der Waals surface area contributed by atoms with E-state index in [4.69, 9.17) is 5.73 Å². The molecule has 1 aromatic carbocycles. The highest BCUT2D eigenvalue weighted by molar-refractivity contribution is 7.89. The lowest BCUT2D eigenvalue weighted by molar-refractivity contribution is 0.588. The zero-order valence-electron chi connectivity index (χ0n) is 9.97. The van der Waals surface area contributed by atoms with Crippen molar-refractivity contribution in [3.63, 3.8) is 0 Å². The molecule has 1 aromatic rings. The molecule has 0 saturated heterocycles. The fourth-order valence-electron chi connectivity index (χ4n) is 1.77. The quantitative estimate of drug-likeness (QED) is 0.779. The molecule has 0 radical (unpaired) electrons. The smallest absolute Gasteiger partial charge is 0.240 e. The van der Waals surface area contributed by atoms with Crippen molar-refractivity contribution >= 4 is 21.4 Å². The van der Waals surface area contributed by atoms with Gasteiger partial charge in [0, 0.05) is 13.1 Å². The van der Waals surface area contributed by atoms with Gasteiger partial charge in [0.2, 0.25) is 10.0 Å². The average molecular weight is 255 g/mol. The van der Waals surface area contributed by atoms with Gasteiger partial charge in [0.1, 0.15) is 0 Å². The summed E-state index contributed by atoms with van der Waals surface area (Å²) in [6, 6.07) is 5.27. The summed E-state index contributed by atoms with van der Waals surface area (Å²) in [7, 11) is -0.0661. The third kappa shape index (κ3) is 2.37. The van der Waals surface area contributed by atoms with Crippen LogP contribution in [0.3, 0.4) is 0 Å². The second-order valence-corrected chi connectivity index (χ2v) is 6.16. The van der Waals surface area contributed by atoms with E-state index >= 15 is 0 Å². The monoisotopic (exact) mass is 255 g/mol. The molecule has 0 spiro atoms. The standard InChI is InChI=1S/C11H17N3O2S/c1-13-17(15,16)9-5-6-10(12)11(7-9)14(2)8-3-4-8/h5-8,13H,3-4,12H2,1-2H3. The van der Waals surface area contributed by atoms with Crippen LogP contribution in [-0.2, 0) is 10.0 Å². The zero-order valence-corrected chi connectivity index (χ0v) is 10.8. The van der Waals surface area contributed by atoms with Crippen LogP contribution in [0.1, 0.15) is 12.8 Å². The SMILES string of the molecule is CNS(=O)(=O)c1ccc(N)c(N(C)C2CC2)c1. The molecule has 0 atom stereocenters. The molecule has 94 valence electrons. The Morgan fingerprint density at radius 3 is 2.59 bits per heavy atom. The highest BCUT2D eigenvalue weighted by atomic mass is 32.2. The van der Waals surface area contributed by atoms with Gasteiger partial charge in [-0.15, -0.1) is 0 Å². The van der Waals surface area contributed by atoms with Gasteiger partial charge in [0.05, 0.1) is 16.3 Å². The number of hydrogen-bond acceptors (Lipinski definition) is 4. The van der Waals surface area contributed by atoms with Crippen LogP contribution in [0.25, 0.3) is 0 Å². The summed E-state index contributed by atoms with van der Waals surface area (Å²) in [6.07, 6.45) is 2.28. The summed E-state index contributed by atoms with van der Waals surface area (Å²) in [6.45, 7) is 0. The van der Waals surface area contributed by atoms with Crippen LogP contribution in [0.5, 0.6) is 0 Å². The molecule has 3 N–H and O–H groups in total. The van der Waals surface area contributed by atoms with Crippen molar-refractivity contribution in [2.75, 3.05) is 24.7 Å². The summed E-state index contributed by atoms with van der Waals surface area (Å²) in [5.41, 5.74) is 7.27.